The molecule has 0 saturated carbocycles. The fourth-order valence-electron chi connectivity index (χ4n) is 2.91. The van der Waals surface area contributed by atoms with E-state index in [1.54, 1.807) is 0 Å². The Labute approximate surface area is 156 Å². The Kier molecular flexibility index (Phi) is 6.47. The van der Waals surface area contributed by atoms with Crippen LogP contribution in [-0.2, 0) is 11.3 Å². The summed E-state index contributed by atoms with van der Waals surface area (Å²) in [7, 11) is 0. The molecule has 2 heterocycles. The second-order valence-corrected chi connectivity index (χ2v) is 7.33. The van der Waals surface area contributed by atoms with E-state index in [0.717, 1.165) is 35.4 Å². The van der Waals surface area contributed by atoms with Crippen molar-refractivity contribution in [2.24, 2.45) is 0 Å². The second kappa shape index (κ2) is 8.80. The number of benzene rings is 1. The number of rotatable bonds is 7. The third-order valence-corrected chi connectivity index (χ3v) is 4.63. The van der Waals surface area contributed by atoms with Crippen molar-refractivity contribution in [2.75, 3.05) is 32.8 Å². The number of aryl methyl sites for hydroxylation is 1. The lowest BCUT2D eigenvalue weighted by atomic mass is 10.2. The largest absolute Gasteiger partial charge is 0.491 e. The molecular formula is C18H24BrN3O3. The summed E-state index contributed by atoms with van der Waals surface area (Å²) in [5, 5.41) is 14.6. The van der Waals surface area contributed by atoms with Crippen molar-refractivity contribution in [3.05, 3.63) is 46.7 Å². The van der Waals surface area contributed by atoms with Gasteiger partial charge in [0.2, 0.25) is 0 Å². The maximum absolute atomic E-state index is 10.3. The average molecular weight is 410 g/mol. The number of ether oxygens (including phenoxy) is 2. The topological polar surface area (TPSA) is 59.8 Å². The van der Waals surface area contributed by atoms with Crippen LogP contribution >= 0.6 is 15.9 Å². The van der Waals surface area contributed by atoms with Gasteiger partial charge in [0.05, 0.1) is 25.5 Å². The molecule has 2 aromatic rings. The minimum absolute atomic E-state index is 0.0904. The van der Waals surface area contributed by atoms with Gasteiger partial charge in [-0.2, -0.15) is 5.10 Å². The molecular weight excluding hydrogens is 386 g/mol. The highest BCUT2D eigenvalue weighted by molar-refractivity contribution is 9.10. The highest BCUT2D eigenvalue weighted by atomic mass is 79.9. The normalized spacial score (nSPS) is 19.7. The molecule has 2 atom stereocenters. The minimum Gasteiger partial charge on any atom is -0.491 e. The molecule has 1 aliphatic heterocycles. The van der Waals surface area contributed by atoms with E-state index >= 15 is 0 Å². The molecule has 1 aromatic carbocycles. The van der Waals surface area contributed by atoms with Gasteiger partial charge in [-0.3, -0.25) is 9.58 Å². The summed E-state index contributed by atoms with van der Waals surface area (Å²) in [5.41, 5.74) is 1.15. The van der Waals surface area contributed by atoms with E-state index in [4.69, 9.17) is 9.47 Å². The molecule has 7 heteroatoms. The van der Waals surface area contributed by atoms with E-state index in [-0.39, 0.29) is 12.7 Å². The van der Waals surface area contributed by atoms with Gasteiger partial charge < -0.3 is 14.6 Å². The predicted molar refractivity (Wildman–Crippen MR) is 98.8 cm³/mol. The molecule has 1 aromatic heterocycles. The summed E-state index contributed by atoms with van der Waals surface area (Å²) in [6, 6.07) is 7.61. The zero-order chi connectivity index (χ0) is 17.6. The summed E-state index contributed by atoms with van der Waals surface area (Å²) < 4.78 is 14.4. The van der Waals surface area contributed by atoms with Gasteiger partial charge in [0.1, 0.15) is 18.5 Å². The molecule has 0 bridgehead atoms. The van der Waals surface area contributed by atoms with Crippen LogP contribution in [0.5, 0.6) is 5.75 Å². The van der Waals surface area contributed by atoms with E-state index in [1.807, 2.05) is 48.3 Å². The quantitative estimate of drug-likeness (QED) is 0.758. The minimum atomic E-state index is -0.533. The molecule has 1 aliphatic rings. The van der Waals surface area contributed by atoms with Gasteiger partial charge in [0.15, 0.2) is 0 Å². The number of hydrogen-bond donors (Lipinski definition) is 1. The maximum Gasteiger partial charge on any atom is 0.119 e. The molecule has 0 amide bonds. The van der Waals surface area contributed by atoms with Crippen LogP contribution in [0.2, 0.25) is 0 Å². The third-order valence-electron chi connectivity index (χ3n) is 4.10. The number of β-amino-alcohol motifs (C(OH)–C–C–N with tert-alkyl or cyclic N) is 1. The van der Waals surface area contributed by atoms with Crippen LogP contribution in [0.4, 0.5) is 0 Å². The predicted octanol–water partition coefficient (Wildman–Crippen LogP) is 2.09. The Balaban J connectivity index is 1.42. The number of nitrogens with zero attached hydrogens (tertiary/aromatic N) is 3. The van der Waals surface area contributed by atoms with Gasteiger partial charge in [-0.25, -0.2) is 0 Å². The lowest BCUT2D eigenvalue weighted by Crippen LogP contribution is -2.47. The summed E-state index contributed by atoms with van der Waals surface area (Å²) >= 11 is 3.39. The fraction of sp³-hybridized carbons (Fsp3) is 0.500. The number of aliphatic hydroxyl groups is 1. The van der Waals surface area contributed by atoms with Crippen LogP contribution in [0.3, 0.4) is 0 Å². The van der Waals surface area contributed by atoms with E-state index < -0.39 is 6.10 Å². The standard InChI is InChI=1S/C18H24BrN3O3/c1-14-8-20-22(9-14)12-18-11-21(6-7-24-18)10-16(23)13-25-17-4-2-15(19)3-5-17/h2-5,8-9,16,18,23H,6-7,10-13H2,1H3. The number of morpholine rings is 1. The Morgan fingerprint density at radius 1 is 1.40 bits per heavy atom. The average Bonchev–Trinajstić information content (AvgIpc) is 2.99. The van der Waals surface area contributed by atoms with Crippen LogP contribution < -0.4 is 4.74 Å². The van der Waals surface area contributed by atoms with E-state index in [0.29, 0.717) is 13.2 Å². The molecule has 25 heavy (non-hydrogen) atoms. The summed E-state index contributed by atoms with van der Waals surface area (Å²) in [6.07, 6.45) is 3.43. The molecule has 6 nitrogen and oxygen atoms in total. The highest BCUT2D eigenvalue weighted by Crippen LogP contribution is 2.16. The van der Waals surface area contributed by atoms with Crippen molar-refractivity contribution in [3.8, 4) is 5.75 Å². The molecule has 1 saturated heterocycles. The van der Waals surface area contributed by atoms with Crippen LogP contribution in [0.25, 0.3) is 0 Å². The molecule has 2 unspecified atom stereocenters. The number of aliphatic hydroxyl groups excluding tert-OH is 1. The number of aromatic nitrogens is 2. The van der Waals surface area contributed by atoms with Crippen molar-refractivity contribution in [1.82, 2.24) is 14.7 Å². The first-order valence-electron chi connectivity index (χ1n) is 8.48. The van der Waals surface area contributed by atoms with Crippen LogP contribution in [0.15, 0.2) is 41.1 Å². The Morgan fingerprint density at radius 2 is 2.20 bits per heavy atom. The third kappa shape index (κ3) is 5.81. The smallest absolute Gasteiger partial charge is 0.119 e. The van der Waals surface area contributed by atoms with Crippen molar-refractivity contribution < 1.29 is 14.6 Å². The molecule has 1 N–H and O–H groups in total. The van der Waals surface area contributed by atoms with E-state index in [1.165, 1.54) is 0 Å². The maximum atomic E-state index is 10.3. The van der Waals surface area contributed by atoms with Crippen molar-refractivity contribution in [3.63, 3.8) is 0 Å². The summed E-state index contributed by atoms with van der Waals surface area (Å²) in [6.45, 7) is 5.90. The highest BCUT2D eigenvalue weighted by Gasteiger charge is 2.23. The van der Waals surface area contributed by atoms with Crippen LogP contribution in [0, 0.1) is 6.92 Å². The monoisotopic (exact) mass is 409 g/mol. The molecule has 1 fully saturated rings. The zero-order valence-corrected chi connectivity index (χ0v) is 15.9. The van der Waals surface area contributed by atoms with Gasteiger partial charge in [-0.05, 0) is 36.8 Å². The summed E-state index contributed by atoms with van der Waals surface area (Å²) in [4.78, 5) is 2.22. The van der Waals surface area contributed by atoms with E-state index in [2.05, 4.69) is 25.9 Å². The number of hydrogen-bond acceptors (Lipinski definition) is 5. The van der Waals surface area contributed by atoms with E-state index in [9.17, 15) is 5.11 Å². The Hall–Kier alpha value is -1.41. The Bertz CT molecular complexity index is 662. The lowest BCUT2D eigenvalue weighted by Gasteiger charge is -2.34. The number of halogens is 1. The van der Waals surface area contributed by atoms with Gasteiger partial charge >= 0.3 is 0 Å². The molecule has 0 radical (unpaired) electrons. The first kappa shape index (κ1) is 18.4. The van der Waals surface area contributed by atoms with Gasteiger partial charge in [-0.15, -0.1) is 0 Å². The fourth-order valence-corrected chi connectivity index (χ4v) is 3.17. The van der Waals surface area contributed by atoms with Gasteiger partial charge in [0.25, 0.3) is 0 Å². The Morgan fingerprint density at radius 3 is 2.92 bits per heavy atom. The molecule has 0 aliphatic carbocycles. The second-order valence-electron chi connectivity index (χ2n) is 6.41. The zero-order valence-electron chi connectivity index (χ0n) is 14.3. The van der Waals surface area contributed by atoms with Crippen molar-refractivity contribution in [2.45, 2.75) is 25.7 Å². The SMILES string of the molecule is Cc1cnn(CC2CN(CC(O)COc3ccc(Br)cc3)CCO2)c1. The lowest BCUT2D eigenvalue weighted by molar-refractivity contribution is -0.0517. The van der Waals surface area contributed by atoms with Crippen LogP contribution in [0.1, 0.15) is 5.56 Å². The molecule has 0 spiro atoms. The first-order chi connectivity index (χ1) is 12.1. The van der Waals surface area contributed by atoms with Crippen molar-refractivity contribution in [1.29, 1.82) is 0 Å². The summed E-state index contributed by atoms with van der Waals surface area (Å²) in [5.74, 6) is 0.760. The molecule has 3 rings (SSSR count). The van der Waals surface area contributed by atoms with Crippen LogP contribution in [-0.4, -0.2) is 64.8 Å². The first-order valence-corrected chi connectivity index (χ1v) is 9.27. The van der Waals surface area contributed by atoms with Crippen molar-refractivity contribution >= 4 is 15.9 Å². The van der Waals surface area contributed by atoms with Gasteiger partial charge in [-0.1, -0.05) is 15.9 Å². The molecule has 136 valence electrons. The van der Waals surface area contributed by atoms with Gasteiger partial charge in [0, 0.05) is 30.3 Å².